The van der Waals surface area contributed by atoms with Gasteiger partial charge in [0.05, 0.1) is 0 Å². The molecule has 20 heteroatoms. The normalized spacial score (nSPS) is 17.8. The molecule has 2 rings (SSSR count). The van der Waals surface area contributed by atoms with E-state index >= 15 is 0 Å². The van der Waals surface area contributed by atoms with Crippen LogP contribution in [0.25, 0.3) is 0 Å². The van der Waals surface area contributed by atoms with Crippen LogP contribution >= 0.6 is 11.3 Å². The molecule has 1 aliphatic rings. The summed E-state index contributed by atoms with van der Waals surface area (Å²) in [6.45, 7) is -1.66. The fourth-order valence-electron chi connectivity index (χ4n) is 2.26. The van der Waals surface area contributed by atoms with Crippen molar-refractivity contribution in [3.63, 3.8) is 0 Å². The van der Waals surface area contributed by atoms with Crippen molar-refractivity contribution < 1.29 is 46.8 Å². The Bertz CT molecular complexity index is 1020. The molecule has 0 spiro atoms. The number of oxime groups is 1. The van der Waals surface area contributed by atoms with Gasteiger partial charge in [-0.05, 0) is 0 Å². The number of nitrogens with zero attached hydrogens (tertiary/aromatic N) is 3. The summed E-state index contributed by atoms with van der Waals surface area (Å²) in [6, 6.07) is -3.08. The quantitative estimate of drug-likeness (QED) is 0.0706. The second-order valence-electron chi connectivity index (χ2n) is 5.44. The minimum Gasteiger partial charge on any atom is -0.479 e. The van der Waals surface area contributed by atoms with Crippen LogP contribution in [0.5, 0.6) is 0 Å². The van der Waals surface area contributed by atoms with Gasteiger partial charge in [-0.15, -0.1) is 11.3 Å². The minimum atomic E-state index is -5.02. The number of β-lactam (4-membered cyclic amide) rings is 1. The Balaban J connectivity index is 0.00000480. The van der Waals surface area contributed by atoms with E-state index in [0.29, 0.717) is 0 Å². The van der Waals surface area contributed by atoms with E-state index < -0.39 is 65.2 Å². The van der Waals surface area contributed by atoms with Crippen LogP contribution in [0, 0.1) is 0 Å². The summed E-state index contributed by atoms with van der Waals surface area (Å²) in [7, 11) is -5.02. The van der Waals surface area contributed by atoms with E-state index in [4.69, 9.17) is 21.1 Å². The fraction of sp³-hybridized carbons (Fsp3) is 0.333. The number of rotatable bonds is 9. The van der Waals surface area contributed by atoms with Gasteiger partial charge in [0.25, 0.3) is 11.8 Å². The molecular formula is C12H14N6Na2O10S2. The summed E-state index contributed by atoms with van der Waals surface area (Å²) in [4.78, 5) is 54.3. The van der Waals surface area contributed by atoms with Crippen molar-refractivity contribution in [3.05, 3.63) is 11.1 Å². The zero-order valence-corrected chi connectivity index (χ0v) is 22.3. The molecule has 166 valence electrons. The number of aromatic nitrogens is 1. The number of amides is 3. The zero-order valence-electron chi connectivity index (χ0n) is 16.6. The fourth-order valence-corrected chi connectivity index (χ4v) is 3.67. The van der Waals surface area contributed by atoms with Crippen molar-refractivity contribution in [1.29, 1.82) is 0 Å². The van der Waals surface area contributed by atoms with Gasteiger partial charge < -0.3 is 31.5 Å². The van der Waals surface area contributed by atoms with Crippen LogP contribution in [0.1, 0.15) is 5.69 Å². The van der Waals surface area contributed by atoms with Crippen molar-refractivity contribution in [2.45, 2.75) is 12.1 Å². The molecule has 0 aromatic carbocycles. The molecule has 0 bridgehead atoms. The van der Waals surface area contributed by atoms with E-state index in [0.717, 1.165) is 11.3 Å². The molecule has 1 aromatic heterocycles. The number of thiazole rings is 1. The van der Waals surface area contributed by atoms with E-state index in [1.807, 2.05) is 0 Å². The van der Waals surface area contributed by atoms with Gasteiger partial charge in [-0.3, -0.25) is 14.1 Å². The van der Waals surface area contributed by atoms with Crippen molar-refractivity contribution in [3.8, 4) is 0 Å². The molecule has 32 heavy (non-hydrogen) atoms. The number of carbonyl (C=O) groups is 4. The second-order valence-corrected chi connectivity index (χ2v) is 7.62. The third-order valence-corrected chi connectivity index (χ3v) is 5.05. The number of carboxylic acids is 1. The number of aliphatic carboxylic acids is 1. The maximum absolute atomic E-state index is 12.6. The zero-order chi connectivity index (χ0) is 22.6. The summed E-state index contributed by atoms with van der Waals surface area (Å²) >= 11 is 0.920. The molecule has 7 N–H and O–H groups in total. The summed E-state index contributed by atoms with van der Waals surface area (Å²) in [6.07, 6.45) is -1.29. The summed E-state index contributed by atoms with van der Waals surface area (Å²) < 4.78 is 36.2. The van der Waals surface area contributed by atoms with E-state index in [1.54, 1.807) is 0 Å². The Morgan fingerprint density at radius 2 is 1.97 bits per heavy atom. The van der Waals surface area contributed by atoms with Gasteiger partial charge in [0.2, 0.25) is 6.61 Å². The average Bonchev–Trinajstić information content (AvgIpc) is 3.04. The topological polar surface area (TPSA) is 254 Å². The molecule has 0 aliphatic carbocycles. The molecule has 1 saturated heterocycles. The summed E-state index contributed by atoms with van der Waals surface area (Å²) in [5, 5.41) is 15.4. The Kier molecular flexibility index (Phi) is 12.1. The molecule has 0 saturated carbocycles. The Hall–Kier alpha value is -1.51. The smallest absolute Gasteiger partial charge is 0.404 e. The van der Waals surface area contributed by atoms with Crippen molar-refractivity contribution in [2.75, 3.05) is 18.9 Å². The molecule has 0 unspecified atom stereocenters. The Morgan fingerprint density at radius 1 is 1.34 bits per heavy atom. The van der Waals surface area contributed by atoms with Crippen LogP contribution in [-0.2, 0) is 34.3 Å². The van der Waals surface area contributed by atoms with E-state index in [1.165, 1.54) is 5.38 Å². The van der Waals surface area contributed by atoms with Crippen LogP contribution in [-0.4, -0.2) is 141 Å². The van der Waals surface area contributed by atoms with Gasteiger partial charge >= 0.3 is 22.4 Å². The first-order valence-electron chi connectivity index (χ1n) is 7.58. The first-order valence-corrected chi connectivity index (χ1v) is 9.86. The average molecular weight is 512 g/mol. The maximum atomic E-state index is 12.6. The van der Waals surface area contributed by atoms with Crippen LogP contribution < -0.4 is 16.8 Å². The van der Waals surface area contributed by atoms with Gasteiger partial charge in [-0.2, -0.15) is 8.42 Å². The SMILES string of the molecule is NC(=O)OC[C@@H]1[C@H](NC(=O)C(=NOCC(=O)O)c2csc(N)n2)C(=O)N1S(=O)(=O)O.[Na].[Na]. The van der Waals surface area contributed by atoms with Gasteiger partial charge in [0.1, 0.15) is 24.4 Å². The van der Waals surface area contributed by atoms with Crippen LogP contribution in [0.15, 0.2) is 10.5 Å². The number of anilines is 1. The Labute approximate surface area is 228 Å². The largest absolute Gasteiger partial charge is 0.479 e. The summed E-state index contributed by atoms with van der Waals surface area (Å²) in [5.41, 5.74) is 9.58. The molecule has 2 heterocycles. The van der Waals surface area contributed by atoms with E-state index in [2.05, 4.69) is 25.0 Å². The number of nitrogens with two attached hydrogens (primary N) is 2. The van der Waals surface area contributed by atoms with Crippen molar-refractivity contribution >= 4 is 115 Å². The molecule has 1 aromatic rings. The van der Waals surface area contributed by atoms with Gasteiger partial charge in [-0.25, -0.2) is 18.9 Å². The number of ether oxygens (including phenoxy) is 1. The number of carbonyl (C=O) groups excluding carboxylic acids is 3. The van der Waals surface area contributed by atoms with Crippen LogP contribution in [0.2, 0.25) is 0 Å². The van der Waals surface area contributed by atoms with E-state index in [9.17, 15) is 27.6 Å². The predicted molar refractivity (Wildman–Crippen MR) is 108 cm³/mol. The number of primary amides is 1. The maximum Gasteiger partial charge on any atom is 0.404 e. The monoisotopic (exact) mass is 512 g/mol. The molecule has 2 radical (unpaired) electrons. The van der Waals surface area contributed by atoms with Crippen molar-refractivity contribution in [2.24, 2.45) is 10.9 Å². The molecule has 16 nitrogen and oxygen atoms in total. The Morgan fingerprint density at radius 3 is 2.44 bits per heavy atom. The first kappa shape index (κ1) is 30.5. The van der Waals surface area contributed by atoms with Crippen LogP contribution in [0.4, 0.5) is 9.93 Å². The van der Waals surface area contributed by atoms with Crippen molar-refractivity contribution in [1.82, 2.24) is 14.6 Å². The number of nitrogen functional groups attached to an aromatic ring is 1. The van der Waals surface area contributed by atoms with Gasteiger partial charge in [-0.1, -0.05) is 5.16 Å². The molecule has 1 aliphatic heterocycles. The predicted octanol–water partition coefficient (Wildman–Crippen LogP) is -3.64. The number of nitrogens with one attached hydrogen (secondary N) is 1. The third-order valence-electron chi connectivity index (χ3n) is 3.42. The standard InChI is InChI=1S/C12H14N6O10S2.2Na/c13-11-15-4(3-29-11)7(17-28-2-6(19)20)9(21)16-8-5(1-27-12(14)23)18(10(8)22)30(24,25)26;;/h3,5,8H,1-2H2,(H2,13,15)(H2,14,23)(H,16,21)(H,19,20)(H,24,25,26);;/t5-,8+;;/m1../s1. The number of hydrogen-bond donors (Lipinski definition) is 5. The second kappa shape index (κ2) is 12.7. The number of hydrogen-bond acceptors (Lipinski definition) is 12. The molecule has 2 atom stereocenters. The minimum absolute atomic E-state index is 0. The molecule has 3 amide bonds. The van der Waals surface area contributed by atoms with E-state index in [-0.39, 0.29) is 74.2 Å². The van der Waals surface area contributed by atoms with Crippen LogP contribution in [0.3, 0.4) is 0 Å². The molecule has 1 fully saturated rings. The third kappa shape index (κ3) is 7.81. The first-order chi connectivity index (χ1) is 13.9. The summed E-state index contributed by atoms with van der Waals surface area (Å²) in [5.74, 6) is -3.76. The number of carboxylic acid groups (broad SMARTS) is 1. The van der Waals surface area contributed by atoms with Gasteiger partial charge in [0.15, 0.2) is 10.8 Å². The van der Waals surface area contributed by atoms with Gasteiger partial charge in [0, 0.05) is 64.5 Å². The molecular weight excluding hydrogens is 498 g/mol.